The minimum atomic E-state index is -0.177. The molecule has 4 heteroatoms. The molecule has 0 saturated heterocycles. The largest absolute Gasteiger partial charge is 0.440 e. The van der Waals surface area contributed by atoms with Crippen molar-refractivity contribution in [1.29, 1.82) is 5.26 Å². The maximum atomic E-state index is 9.79. The summed E-state index contributed by atoms with van der Waals surface area (Å²) in [5, 5.41) is 9.79. The standard InChI is InChI=1S/C24H23N3O/c1-2-27-15-19(13-17-9-5-3-6-10-17)23-21(16-27)22(18-11-7-4-8-12-18)20(14-25)24(26)28-23/h3-13,22H,2,15-16,26H2,1H3. The van der Waals surface area contributed by atoms with Crippen molar-refractivity contribution >= 4 is 6.08 Å². The summed E-state index contributed by atoms with van der Waals surface area (Å²) in [5.74, 6) is 0.849. The molecule has 1 unspecified atom stereocenters. The average Bonchev–Trinajstić information content (AvgIpc) is 2.74. The SMILES string of the molecule is CCN1CC(=Cc2ccccc2)C2=C(C1)C(c1ccccc1)C(C#N)=C(N)O2. The molecule has 0 spiro atoms. The van der Waals surface area contributed by atoms with Gasteiger partial charge in [0.05, 0.1) is 5.92 Å². The van der Waals surface area contributed by atoms with Crippen LogP contribution in [-0.2, 0) is 4.74 Å². The van der Waals surface area contributed by atoms with Crippen molar-refractivity contribution in [2.75, 3.05) is 19.6 Å². The number of nitrogens with zero attached hydrogens (tertiary/aromatic N) is 2. The van der Waals surface area contributed by atoms with Crippen LogP contribution in [0, 0.1) is 11.3 Å². The Balaban J connectivity index is 1.87. The molecule has 2 aliphatic rings. The third-order valence-corrected chi connectivity index (χ3v) is 5.33. The molecule has 4 nitrogen and oxygen atoms in total. The minimum Gasteiger partial charge on any atom is -0.440 e. The maximum Gasteiger partial charge on any atom is 0.205 e. The fourth-order valence-corrected chi connectivity index (χ4v) is 3.94. The molecule has 0 aliphatic carbocycles. The van der Waals surface area contributed by atoms with E-state index in [0.717, 1.165) is 47.7 Å². The number of nitriles is 1. The zero-order valence-corrected chi connectivity index (χ0v) is 15.9. The summed E-state index contributed by atoms with van der Waals surface area (Å²) in [4.78, 5) is 2.36. The Bertz CT molecular complexity index is 997. The minimum absolute atomic E-state index is 0.177. The van der Waals surface area contributed by atoms with Gasteiger partial charge in [-0.3, -0.25) is 4.90 Å². The Morgan fingerprint density at radius 2 is 1.79 bits per heavy atom. The van der Waals surface area contributed by atoms with Crippen LogP contribution in [0.25, 0.3) is 6.08 Å². The summed E-state index contributed by atoms with van der Waals surface area (Å²) in [6.07, 6.45) is 2.16. The Hall–Kier alpha value is -3.29. The van der Waals surface area contributed by atoms with Gasteiger partial charge in [-0.25, -0.2) is 0 Å². The van der Waals surface area contributed by atoms with E-state index < -0.39 is 0 Å². The zero-order valence-electron chi connectivity index (χ0n) is 15.9. The number of hydrogen-bond donors (Lipinski definition) is 1. The van der Waals surface area contributed by atoms with E-state index in [1.165, 1.54) is 0 Å². The summed E-state index contributed by atoms with van der Waals surface area (Å²) in [5.41, 5.74) is 11.1. The van der Waals surface area contributed by atoms with E-state index >= 15 is 0 Å². The maximum absolute atomic E-state index is 9.79. The van der Waals surface area contributed by atoms with Crippen molar-refractivity contribution in [3.63, 3.8) is 0 Å². The van der Waals surface area contributed by atoms with Gasteiger partial charge in [0.15, 0.2) is 0 Å². The van der Waals surface area contributed by atoms with Gasteiger partial charge >= 0.3 is 0 Å². The van der Waals surface area contributed by atoms with E-state index in [1.807, 2.05) is 36.4 Å². The summed E-state index contributed by atoms with van der Waals surface area (Å²) < 4.78 is 6.04. The summed E-state index contributed by atoms with van der Waals surface area (Å²) >= 11 is 0. The molecular weight excluding hydrogens is 346 g/mol. The van der Waals surface area contributed by atoms with Crippen molar-refractivity contribution in [3.05, 3.63) is 100 Å². The Labute approximate surface area is 165 Å². The van der Waals surface area contributed by atoms with Crippen molar-refractivity contribution in [2.24, 2.45) is 5.73 Å². The molecule has 2 aromatic carbocycles. The third-order valence-electron chi connectivity index (χ3n) is 5.33. The van der Waals surface area contributed by atoms with E-state index in [-0.39, 0.29) is 11.8 Å². The predicted octanol–water partition coefficient (Wildman–Crippen LogP) is 4.17. The first kappa shape index (κ1) is 18.1. The number of benzene rings is 2. The van der Waals surface area contributed by atoms with Crippen molar-refractivity contribution < 1.29 is 4.74 Å². The fraction of sp³-hybridized carbons (Fsp3) is 0.208. The lowest BCUT2D eigenvalue weighted by molar-refractivity contribution is 0.239. The zero-order chi connectivity index (χ0) is 19.5. The molecule has 2 N–H and O–H groups in total. The number of ether oxygens (including phenoxy) is 1. The molecular formula is C24H23N3O. The topological polar surface area (TPSA) is 62.3 Å². The van der Waals surface area contributed by atoms with Crippen LogP contribution in [0.1, 0.15) is 24.0 Å². The normalized spacial score (nSPS) is 21.3. The van der Waals surface area contributed by atoms with E-state index in [4.69, 9.17) is 10.5 Å². The van der Waals surface area contributed by atoms with Gasteiger partial charge in [-0.2, -0.15) is 5.26 Å². The molecule has 1 atom stereocenters. The van der Waals surface area contributed by atoms with Crippen LogP contribution in [-0.4, -0.2) is 24.5 Å². The van der Waals surface area contributed by atoms with Crippen molar-refractivity contribution in [1.82, 2.24) is 4.90 Å². The molecule has 28 heavy (non-hydrogen) atoms. The first-order valence-corrected chi connectivity index (χ1v) is 9.55. The second kappa shape index (κ2) is 7.75. The van der Waals surface area contributed by atoms with Gasteiger partial charge in [0.25, 0.3) is 0 Å². The highest BCUT2D eigenvalue weighted by Gasteiger charge is 2.37. The summed E-state index contributed by atoms with van der Waals surface area (Å²) in [6.45, 7) is 4.63. The van der Waals surface area contributed by atoms with Crippen LogP contribution in [0.5, 0.6) is 0 Å². The van der Waals surface area contributed by atoms with Crippen LogP contribution in [0.2, 0.25) is 0 Å². The molecule has 0 fully saturated rings. The number of allylic oxidation sites excluding steroid dienone is 1. The molecule has 0 saturated carbocycles. The van der Waals surface area contributed by atoms with Gasteiger partial charge < -0.3 is 10.5 Å². The molecule has 0 radical (unpaired) electrons. The molecule has 0 amide bonds. The lowest BCUT2D eigenvalue weighted by atomic mass is 9.80. The van der Waals surface area contributed by atoms with Gasteiger partial charge in [0.2, 0.25) is 5.88 Å². The molecule has 140 valence electrons. The summed E-state index contributed by atoms with van der Waals surface area (Å²) in [7, 11) is 0. The summed E-state index contributed by atoms with van der Waals surface area (Å²) in [6, 6.07) is 22.6. The fourth-order valence-electron chi connectivity index (χ4n) is 3.94. The molecule has 2 aliphatic heterocycles. The van der Waals surface area contributed by atoms with Crippen molar-refractivity contribution in [2.45, 2.75) is 12.8 Å². The molecule has 2 aromatic rings. The second-order valence-corrected chi connectivity index (χ2v) is 7.07. The lowest BCUT2D eigenvalue weighted by Gasteiger charge is -2.38. The first-order chi connectivity index (χ1) is 13.7. The molecule has 2 heterocycles. The number of rotatable bonds is 3. The third kappa shape index (κ3) is 3.33. The van der Waals surface area contributed by atoms with Crippen LogP contribution >= 0.6 is 0 Å². The van der Waals surface area contributed by atoms with Crippen LogP contribution < -0.4 is 5.73 Å². The Morgan fingerprint density at radius 1 is 1.11 bits per heavy atom. The highest BCUT2D eigenvalue weighted by atomic mass is 16.5. The number of nitrogens with two attached hydrogens (primary N) is 1. The Kier molecular flexibility index (Phi) is 5.01. The molecule has 0 bridgehead atoms. The molecule has 4 rings (SSSR count). The van der Waals surface area contributed by atoms with E-state index in [0.29, 0.717) is 5.57 Å². The highest BCUT2D eigenvalue weighted by molar-refractivity contribution is 5.63. The highest BCUT2D eigenvalue weighted by Crippen LogP contribution is 2.43. The van der Waals surface area contributed by atoms with Gasteiger partial charge in [0.1, 0.15) is 17.4 Å². The van der Waals surface area contributed by atoms with Gasteiger partial charge in [-0.05, 0) is 29.3 Å². The quantitative estimate of drug-likeness (QED) is 0.882. The van der Waals surface area contributed by atoms with E-state index in [2.05, 4.69) is 48.2 Å². The lowest BCUT2D eigenvalue weighted by Crippen LogP contribution is -2.38. The second-order valence-electron chi connectivity index (χ2n) is 7.07. The Morgan fingerprint density at radius 3 is 2.43 bits per heavy atom. The van der Waals surface area contributed by atoms with E-state index in [9.17, 15) is 5.26 Å². The van der Waals surface area contributed by atoms with E-state index in [1.54, 1.807) is 0 Å². The average molecular weight is 369 g/mol. The van der Waals surface area contributed by atoms with Gasteiger partial charge in [-0.1, -0.05) is 67.6 Å². The first-order valence-electron chi connectivity index (χ1n) is 9.55. The van der Waals surface area contributed by atoms with Crippen LogP contribution in [0.4, 0.5) is 0 Å². The number of likely N-dealkylation sites (N-methyl/N-ethyl adjacent to an activating group) is 1. The molecule has 0 aromatic heterocycles. The van der Waals surface area contributed by atoms with Gasteiger partial charge in [-0.15, -0.1) is 0 Å². The smallest absolute Gasteiger partial charge is 0.205 e. The predicted molar refractivity (Wildman–Crippen MR) is 111 cm³/mol. The van der Waals surface area contributed by atoms with Crippen LogP contribution in [0.15, 0.2) is 89.0 Å². The number of hydrogen-bond acceptors (Lipinski definition) is 4. The van der Waals surface area contributed by atoms with Crippen molar-refractivity contribution in [3.8, 4) is 6.07 Å². The monoisotopic (exact) mass is 369 g/mol. The van der Waals surface area contributed by atoms with Gasteiger partial charge in [0, 0.05) is 18.7 Å². The van der Waals surface area contributed by atoms with Crippen LogP contribution in [0.3, 0.4) is 0 Å².